The van der Waals surface area contributed by atoms with Crippen molar-refractivity contribution in [2.45, 2.75) is 12.5 Å². The van der Waals surface area contributed by atoms with Gasteiger partial charge in [-0.05, 0) is 24.3 Å². The summed E-state index contributed by atoms with van der Waals surface area (Å²) in [7, 11) is 1.54. The number of nitrogens with one attached hydrogen (secondary N) is 1. The summed E-state index contributed by atoms with van der Waals surface area (Å²) < 4.78 is 10.0. The Morgan fingerprint density at radius 3 is 2.57 bits per heavy atom. The number of ether oxygens (including phenoxy) is 2. The molecule has 0 spiro atoms. The Balaban J connectivity index is 2.42. The number of methoxy groups -OCH3 is 1. The van der Waals surface area contributed by atoms with Crippen molar-refractivity contribution < 1.29 is 34.6 Å². The van der Waals surface area contributed by atoms with Crippen LogP contribution >= 0.6 is 0 Å². The molecule has 0 aliphatic rings. The summed E-state index contributed by atoms with van der Waals surface area (Å²) >= 11 is 0. The summed E-state index contributed by atoms with van der Waals surface area (Å²) in [4.78, 5) is 23.0. The molecule has 1 aromatic rings. The van der Waals surface area contributed by atoms with Crippen LogP contribution < -0.4 is 20.5 Å². The zero-order chi connectivity index (χ0) is 17.1. The molecule has 0 aliphatic carbocycles. The lowest BCUT2D eigenvalue weighted by Crippen LogP contribution is -2.94. The highest BCUT2D eigenvalue weighted by Crippen LogP contribution is 2.15. The number of carboxylic acids is 1. The molecule has 0 unspecified atom stereocenters. The van der Waals surface area contributed by atoms with E-state index in [-0.39, 0.29) is 26.2 Å². The van der Waals surface area contributed by atoms with Gasteiger partial charge in [-0.2, -0.15) is 0 Å². The first-order valence-corrected chi connectivity index (χ1v) is 7.23. The van der Waals surface area contributed by atoms with E-state index in [1.54, 1.807) is 24.3 Å². The first-order valence-electron chi connectivity index (χ1n) is 7.23. The van der Waals surface area contributed by atoms with Crippen molar-refractivity contribution in [1.29, 1.82) is 0 Å². The average molecular weight is 326 g/mol. The van der Waals surface area contributed by atoms with Crippen molar-refractivity contribution in [1.82, 2.24) is 0 Å². The molecule has 0 saturated carbocycles. The number of amides is 1. The van der Waals surface area contributed by atoms with Crippen molar-refractivity contribution >= 4 is 17.6 Å². The van der Waals surface area contributed by atoms with Gasteiger partial charge in [-0.15, -0.1) is 0 Å². The van der Waals surface area contributed by atoms with Gasteiger partial charge in [-0.25, -0.2) is 0 Å². The maximum Gasteiger partial charge on any atom is 0.230 e. The van der Waals surface area contributed by atoms with E-state index in [4.69, 9.17) is 14.6 Å². The Morgan fingerprint density at radius 2 is 2.00 bits per heavy atom. The van der Waals surface area contributed by atoms with Crippen LogP contribution in [0, 0.1) is 0 Å². The van der Waals surface area contributed by atoms with Gasteiger partial charge in [-0.1, -0.05) is 0 Å². The van der Waals surface area contributed by atoms with E-state index in [0.29, 0.717) is 18.0 Å². The summed E-state index contributed by atoms with van der Waals surface area (Å²) in [5.74, 6) is -1.07. The molecule has 1 aromatic carbocycles. The molecule has 1 rings (SSSR count). The van der Waals surface area contributed by atoms with Gasteiger partial charge >= 0.3 is 0 Å². The minimum absolute atomic E-state index is 0.0891. The van der Waals surface area contributed by atoms with Crippen LogP contribution in [0.5, 0.6) is 5.75 Å². The summed E-state index contributed by atoms with van der Waals surface area (Å²) in [5.41, 5.74) is 0.555. The first-order chi connectivity index (χ1) is 11.1. The van der Waals surface area contributed by atoms with Crippen LogP contribution in [0.3, 0.4) is 0 Å². The molecule has 8 heteroatoms. The summed E-state index contributed by atoms with van der Waals surface area (Å²) in [6.07, 6.45) is -0.214. The number of hydrogen-bond donors (Lipinski definition) is 3. The molecule has 23 heavy (non-hydrogen) atoms. The molecule has 1 atom stereocenters. The molecule has 128 valence electrons. The number of hydrogen-bond acceptors (Lipinski definition) is 6. The number of quaternary nitrogens is 1. The van der Waals surface area contributed by atoms with E-state index < -0.39 is 17.9 Å². The molecule has 4 N–H and O–H groups in total. The molecule has 0 radical (unpaired) electrons. The number of anilines is 1. The van der Waals surface area contributed by atoms with Crippen molar-refractivity contribution in [3.8, 4) is 5.75 Å². The van der Waals surface area contributed by atoms with Gasteiger partial charge in [0.05, 0.1) is 45.9 Å². The van der Waals surface area contributed by atoms with Crippen LogP contribution in [0.15, 0.2) is 24.3 Å². The van der Waals surface area contributed by atoms with Crippen molar-refractivity contribution in [2.24, 2.45) is 0 Å². The Labute approximate surface area is 134 Å². The van der Waals surface area contributed by atoms with Crippen molar-refractivity contribution in [3.05, 3.63) is 24.3 Å². The lowest BCUT2D eigenvalue weighted by Gasteiger charge is -2.16. The zero-order valence-electron chi connectivity index (χ0n) is 13.0. The van der Waals surface area contributed by atoms with Crippen LogP contribution in [0.4, 0.5) is 5.69 Å². The quantitative estimate of drug-likeness (QED) is 0.393. The molecule has 0 aliphatic heterocycles. The lowest BCUT2D eigenvalue weighted by molar-refractivity contribution is -0.683. The molecule has 1 amide bonds. The number of carbonyl (C=O) groups excluding carboxylic acids is 2. The molecular formula is C15H22N2O6. The third-order valence-electron chi connectivity index (χ3n) is 3.03. The number of carboxylic acid groups (broad SMARTS) is 1. The normalized spacial score (nSPS) is 11.7. The van der Waals surface area contributed by atoms with E-state index in [2.05, 4.69) is 5.32 Å². The average Bonchev–Trinajstić information content (AvgIpc) is 2.54. The lowest BCUT2D eigenvalue weighted by atomic mass is 10.2. The number of aliphatic hydroxyl groups excluding tert-OH is 1. The maximum atomic E-state index is 11.9. The second kappa shape index (κ2) is 10.5. The topological polar surface area (TPSA) is 125 Å². The molecule has 0 heterocycles. The van der Waals surface area contributed by atoms with Gasteiger partial charge in [0.15, 0.2) is 0 Å². The maximum absolute atomic E-state index is 11.9. The Bertz CT molecular complexity index is 491. The van der Waals surface area contributed by atoms with E-state index in [9.17, 15) is 14.7 Å². The number of nitrogens with two attached hydrogens (primary N) is 1. The fourth-order valence-corrected chi connectivity index (χ4v) is 1.87. The fourth-order valence-electron chi connectivity index (χ4n) is 1.87. The van der Waals surface area contributed by atoms with Gasteiger partial charge < -0.3 is 35.1 Å². The minimum Gasteiger partial charge on any atom is -0.544 e. The van der Waals surface area contributed by atoms with Crippen LogP contribution in [-0.4, -0.2) is 56.5 Å². The van der Waals surface area contributed by atoms with Gasteiger partial charge in [-0.3, -0.25) is 4.79 Å². The van der Waals surface area contributed by atoms with Gasteiger partial charge in [0, 0.05) is 5.69 Å². The molecule has 0 fully saturated rings. The first kappa shape index (κ1) is 18.9. The molecule has 0 saturated heterocycles. The second-order valence-electron chi connectivity index (χ2n) is 4.77. The summed E-state index contributed by atoms with van der Waals surface area (Å²) in [6.45, 7) is 0.745. The Morgan fingerprint density at radius 1 is 1.30 bits per heavy atom. The summed E-state index contributed by atoms with van der Waals surface area (Å²) in [6, 6.07) is 5.72. The van der Waals surface area contributed by atoms with E-state index in [0.717, 1.165) is 0 Å². The Hall–Kier alpha value is -2.16. The van der Waals surface area contributed by atoms with Gasteiger partial charge in [0.1, 0.15) is 11.8 Å². The van der Waals surface area contributed by atoms with Crippen LogP contribution in [0.2, 0.25) is 0 Å². The van der Waals surface area contributed by atoms with Gasteiger partial charge in [0.25, 0.3) is 0 Å². The predicted octanol–water partition coefficient (Wildman–Crippen LogP) is -2.29. The Kier molecular flexibility index (Phi) is 8.66. The standard InChI is InChI=1S/C15H22N2O6/c1-22-12-4-2-11(3-5-12)17-14(19)10-13(15(20)21)16-6-8-23-9-7-18/h2-5,13,16,18H,6-10H2,1H3,(H,17,19)(H,20,21)/t13-/m0/s1. The third kappa shape index (κ3) is 7.59. The summed E-state index contributed by atoms with van der Waals surface area (Å²) in [5, 5.41) is 23.7. The smallest absolute Gasteiger partial charge is 0.230 e. The highest BCUT2D eigenvalue weighted by atomic mass is 16.5. The second-order valence-corrected chi connectivity index (χ2v) is 4.77. The number of aliphatic carboxylic acids is 1. The number of carbonyl (C=O) groups is 2. The molecule has 8 nitrogen and oxygen atoms in total. The van der Waals surface area contributed by atoms with Crippen molar-refractivity contribution in [3.63, 3.8) is 0 Å². The van der Waals surface area contributed by atoms with E-state index in [1.807, 2.05) is 0 Å². The van der Waals surface area contributed by atoms with Crippen LogP contribution in [0.1, 0.15) is 6.42 Å². The largest absolute Gasteiger partial charge is 0.544 e. The zero-order valence-corrected chi connectivity index (χ0v) is 13.0. The predicted molar refractivity (Wildman–Crippen MR) is 79.7 cm³/mol. The third-order valence-corrected chi connectivity index (χ3v) is 3.03. The monoisotopic (exact) mass is 326 g/mol. The van der Waals surface area contributed by atoms with Gasteiger partial charge in [0.2, 0.25) is 5.91 Å². The molecular weight excluding hydrogens is 304 g/mol. The van der Waals surface area contributed by atoms with E-state index in [1.165, 1.54) is 12.4 Å². The van der Waals surface area contributed by atoms with Crippen molar-refractivity contribution in [2.75, 3.05) is 38.8 Å². The van der Waals surface area contributed by atoms with E-state index >= 15 is 0 Å². The van der Waals surface area contributed by atoms with Crippen LogP contribution in [-0.2, 0) is 14.3 Å². The van der Waals surface area contributed by atoms with Crippen LogP contribution in [0.25, 0.3) is 0 Å². The molecule has 0 bridgehead atoms. The SMILES string of the molecule is COc1ccc(NC(=O)C[C@H]([NH2+]CCOCCO)C(=O)[O-])cc1. The number of rotatable bonds is 11. The molecule has 0 aromatic heterocycles. The fraction of sp³-hybridized carbons (Fsp3) is 0.467. The highest BCUT2D eigenvalue weighted by Gasteiger charge is 2.18. The number of benzene rings is 1. The number of aliphatic hydroxyl groups is 1. The minimum atomic E-state index is -1.31. The highest BCUT2D eigenvalue weighted by molar-refractivity contribution is 5.93.